The van der Waals surface area contributed by atoms with Crippen LogP contribution in [0.2, 0.25) is 0 Å². The fourth-order valence-corrected chi connectivity index (χ4v) is 0. The normalized spacial score (nSPS) is 5.50. The van der Waals surface area contributed by atoms with Crippen molar-refractivity contribution in [2.75, 3.05) is 0 Å². The van der Waals surface area contributed by atoms with Crippen molar-refractivity contribution >= 4 is 83.0 Å². The van der Waals surface area contributed by atoms with Gasteiger partial charge in [0.25, 0.3) is 11.4 Å². The molecule has 0 unspecified atom stereocenters. The van der Waals surface area contributed by atoms with Gasteiger partial charge in [0.05, 0.1) is 0 Å². The van der Waals surface area contributed by atoms with Crippen LogP contribution < -0.4 is 0 Å². The van der Waals surface area contributed by atoms with Crippen molar-refractivity contribution in [3.05, 3.63) is 0 Å². The Morgan fingerprint density at radius 3 is 1.10 bits per heavy atom. The Balaban J connectivity index is -0.0000000300. The SMILES string of the molecule is O=CC=O.O=S(O)O.[NaH].[NaH]. The number of carbonyl (C=O) groups is 2. The van der Waals surface area contributed by atoms with Crippen molar-refractivity contribution in [2.45, 2.75) is 0 Å². The molecule has 0 saturated carbocycles. The summed E-state index contributed by atoms with van der Waals surface area (Å²) in [5.41, 5.74) is 0. The summed E-state index contributed by atoms with van der Waals surface area (Å²) >= 11 is -2.61. The van der Waals surface area contributed by atoms with E-state index in [1.807, 2.05) is 0 Å². The molecule has 0 radical (unpaired) electrons. The predicted octanol–water partition coefficient (Wildman–Crippen LogP) is -2.23. The topological polar surface area (TPSA) is 91.7 Å². The summed E-state index contributed by atoms with van der Waals surface area (Å²) in [6.07, 6.45) is 0.389. The fourth-order valence-electron chi connectivity index (χ4n) is 0. The second kappa shape index (κ2) is 22.4. The first-order chi connectivity index (χ1) is 3.65. The average Bonchev–Trinajstić information content (AvgIpc) is 1.65. The van der Waals surface area contributed by atoms with Gasteiger partial charge in [-0.15, -0.1) is 0 Å². The molecule has 52 valence electrons. The van der Waals surface area contributed by atoms with Crippen LogP contribution in [0.4, 0.5) is 0 Å². The second-order valence-corrected chi connectivity index (χ2v) is 0.964. The number of hydrogen-bond donors (Lipinski definition) is 2. The van der Waals surface area contributed by atoms with Crippen LogP contribution in [0.1, 0.15) is 0 Å². The van der Waals surface area contributed by atoms with E-state index in [-0.39, 0.29) is 71.7 Å². The van der Waals surface area contributed by atoms with Crippen LogP contribution in [0.5, 0.6) is 0 Å². The first-order valence-corrected chi connectivity index (χ1v) is 2.40. The summed E-state index contributed by atoms with van der Waals surface area (Å²) in [6, 6.07) is 0. The van der Waals surface area contributed by atoms with Crippen LogP contribution in [0.25, 0.3) is 0 Å². The third-order valence-electron chi connectivity index (χ3n) is 0.0556. The molecule has 0 spiro atoms. The Kier molecular flexibility index (Phi) is 50.5. The van der Waals surface area contributed by atoms with Gasteiger partial charge in [0, 0.05) is 0 Å². The molecule has 0 fully saturated rings. The molecule has 2 N–H and O–H groups in total. The zero-order valence-corrected chi connectivity index (χ0v) is 4.50. The van der Waals surface area contributed by atoms with E-state index in [0.29, 0.717) is 0 Å². The molecule has 0 atom stereocenters. The van der Waals surface area contributed by atoms with E-state index in [2.05, 4.69) is 0 Å². The van der Waals surface area contributed by atoms with Gasteiger partial charge in [0.1, 0.15) is 0 Å². The Labute approximate surface area is 105 Å². The number of hydrogen-bond acceptors (Lipinski definition) is 3. The molecule has 0 aromatic rings. The van der Waals surface area contributed by atoms with Gasteiger partial charge in [-0.2, -0.15) is 4.21 Å². The van der Waals surface area contributed by atoms with Crippen molar-refractivity contribution in [3.8, 4) is 0 Å². The summed E-state index contributed by atoms with van der Waals surface area (Å²) in [5, 5.41) is 0. The van der Waals surface area contributed by atoms with E-state index in [0.717, 1.165) is 0 Å². The number of rotatable bonds is 1. The zero-order chi connectivity index (χ0) is 6.99. The first kappa shape index (κ1) is 22.5. The number of carbonyl (C=O) groups excluding carboxylic acids is 2. The number of aldehydes is 2. The Bertz CT molecular complexity index is 85.6. The van der Waals surface area contributed by atoms with Gasteiger partial charge in [0.2, 0.25) is 0 Å². The van der Waals surface area contributed by atoms with Gasteiger partial charge in [-0.1, -0.05) is 0 Å². The molecule has 0 saturated heterocycles. The van der Waals surface area contributed by atoms with Gasteiger partial charge in [-0.3, -0.25) is 18.7 Å². The zero-order valence-electron chi connectivity index (χ0n) is 3.68. The molecule has 0 aromatic carbocycles. The van der Waals surface area contributed by atoms with Crippen LogP contribution in [0.15, 0.2) is 0 Å². The quantitative estimate of drug-likeness (QED) is 0.210. The molecule has 0 aromatic heterocycles. The van der Waals surface area contributed by atoms with Crippen molar-refractivity contribution in [3.63, 3.8) is 0 Å². The summed E-state index contributed by atoms with van der Waals surface area (Å²) in [6.45, 7) is 0. The maximum atomic E-state index is 8.81. The molecule has 0 aliphatic heterocycles. The molecule has 0 bridgehead atoms. The Morgan fingerprint density at radius 2 is 1.10 bits per heavy atom. The summed E-state index contributed by atoms with van der Waals surface area (Å²) in [5.74, 6) is 0. The van der Waals surface area contributed by atoms with E-state index in [4.69, 9.17) is 22.9 Å². The maximum absolute atomic E-state index is 8.81. The van der Waals surface area contributed by atoms with Crippen LogP contribution in [0, 0.1) is 0 Å². The Morgan fingerprint density at radius 1 is 1.00 bits per heavy atom. The van der Waals surface area contributed by atoms with Crippen LogP contribution in [-0.4, -0.2) is 85.0 Å². The third-order valence-corrected chi connectivity index (χ3v) is 0.0556. The van der Waals surface area contributed by atoms with E-state index in [9.17, 15) is 0 Å². The van der Waals surface area contributed by atoms with Crippen LogP contribution in [-0.2, 0) is 21.0 Å². The monoisotopic (exact) mass is 188 g/mol. The van der Waals surface area contributed by atoms with Gasteiger partial charge < -0.3 is 0 Å². The van der Waals surface area contributed by atoms with Crippen molar-refractivity contribution in [1.29, 1.82) is 0 Å². The molecule has 0 aliphatic rings. The van der Waals surface area contributed by atoms with Crippen LogP contribution >= 0.6 is 0 Å². The fraction of sp³-hybridized carbons (Fsp3) is 0. The van der Waals surface area contributed by atoms with Gasteiger partial charge >= 0.3 is 59.1 Å². The molecule has 5 nitrogen and oxygen atoms in total. The Hall–Kier alpha value is 1.41. The standard InChI is InChI=1S/C2H2O2.2Na.H2O3S.2H/c3-1-2-4;;;1-4(2)3;;/h1-2H;;;(H2,1,2,3);;. The second-order valence-electron chi connectivity index (χ2n) is 0.503. The van der Waals surface area contributed by atoms with Crippen molar-refractivity contribution < 1.29 is 22.9 Å². The molecule has 0 aliphatic carbocycles. The third kappa shape index (κ3) is 115. The van der Waals surface area contributed by atoms with Gasteiger partial charge in [0.15, 0.2) is 12.6 Å². The molecule has 0 amide bonds. The molecule has 8 heteroatoms. The minimum atomic E-state index is -2.61. The van der Waals surface area contributed by atoms with Crippen LogP contribution in [0.3, 0.4) is 0 Å². The van der Waals surface area contributed by atoms with Gasteiger partial charge in [-0.05, 0) is 0 Å². The van der Waals surface area contributed by atoms with E-state index in [1.54, 1.807) is 0 Å². The molecule has 0 heterocycles. The van der Waals surface area contributed by atoms with Crippen molar-refractivity contribution in [1.82, 2.24) is 0 Å². The van der Waals surface area contributed by atoms with Crippen molar-refractivity contribution in [2.24, 2.45) is 0 Å². The molecular formula is C2H6Na2O5S. The van der Waals surface area contributed by atoms with E-state index >= 15 is 0 Å². The van der Waals surface area contributed by atoms with E-state index in [1.165, 1.54) is 0 Å². The van der Waals surface area contributed by atoms with Gasteiger partial charge in [-0.25, -0.2) is 0 Å². The van der Waals surface area contributed by atoms with E-state index < -0.39 is 11.4 Å². The molecule has 10 heavy (non-hydrogen) atoms. The minimum absolute atomic E-state index is 0. The average molecular weight is 188 g/mol. The molecule has 0 rings (SSSR count). The summed E-state index contributed by atoms with van der Waals surface area (Å²) in [7, 11) is 0. The molecular weight excluding hydrogens is 182 g/mol. The first-order valence-electron chi connectivity index (χ1n) is 1.34. The summed E-state index contributed by atoms with van der Waals surface area (Å²) in [4.78, 5) is 17.6. The predicted molar refractivity (Wildman–Crippen MR) is 39.8 cm³/mol. The summed E-state index contributed by atoms with van der Waals surface area (Å²) < 4.78 is 22.8.